The fourth-order valence-electron chi connectivity index (χ4n) is 12.2. The number of aliphatic hydroxyl groups is 2. The number of pyridine rings is 4. The lowest BCUT2D eigenvalue weighted by Gasteiger charge is -2.25. The van der Waals surface area contributed by atoms with Crippen LogP contribution in [0.5, 0.6) is 0 Å². The molecule has 0 radical (unpaired) electrons. The van der Waals surface area contributed by atoms with Gasteiger partial charge in [0.15, 0.2) is 20.2 Å². The topological polar surface area (TPSA) is 326 Å². The second-order valence-electron chi connectivity index (χ2n) is 24.5. The van der Waals surface area contributed by atoms with E-state index in [-0.39, 0.29) is 65.4 Å². The highest BCUT2D eigenvalue weighted by molar-refractivity contribution is 8.06. The summed E-state index contributed by atoms with van der Waals surface area (Å²) < 4.78 is 113. The van der Waals surface area contributed by atoms with E-state index in [0.717, 1.165) is 20.9 Å². The number of hydrogen-bond donors (Lipinski definition) is 6. The van der Waals surface area contributed by atoms with E-state index in [0.29, 0.717) is 97.7 Å². The summed E-state index contributed by atoms with van der Waals surface area (Å²) in [6.45, 7) is 1.69. The molecule has 4 aliphatic rings. The van der Waals surface area contributed by atoms with Crippen LogP contribution in [0.15, 0.2) is 291 Å². The third-order valence-electron chi connectivity index (χ3n) is 17.5. The first-order valence-electron chi connectivity index (χ1n) is 34.0. The van der Waals surface area contributed by atoms with Crippen molar-refractivity contribution in [3.8, 4) is 0 Å². The average molecular weight is 1580 g/mol. The molecule has 7 aromatic carbocycles. The van der Waals surface area contributed by atoms with Crippen LogP contribution in [0.3, 0.4) is 0 Å². The monoisotopic (exact) mass is 1580 g/mol. The number of benzene rings is 7. The molecule has 2 atom stereocenters. The van der Waals surface area contributed by atoms with Gasteiger partial charge < -0.3 is 10.2 Å². The maximum absolute atomic E-state index is 13.1. The van der Waals surface area contributed by atoms with Crippen LogP contribution < -0.4 is 18.9 Å². The second kappa shape index (κ2) is 36.0. The minimum absolute atomic E-state index is 0.0332. The minimum atomic E-state index is -3.97. The third-order valence-corrected chi connectivity index (χ3v) is 25.2. The predicted octanol–water partition coefficient (Wildman–Crippen LogP) is 12.1. The number of aromatic nitrogens is 4. The Bertz CT molecular complexity index is 5570. The van der Waals surface area contributed by atoms with Crippen LogP contribution in [0.1, 0.15) is 108 Å². The van der Waals surface area contributed by atoms with Crippen LogP contribution in [0.4, 0.5) is 0 Å². The fraction of sp³-hybridized carbons (Fsp3) is 0.165. The van der Waals surface area contributed by atoms with Crippen molar-refractivity contribution in [3.05, 3.63) is 355 Å². The molecule has 8 heterocycles. The van der Waals surface area contributed by atoms with Gasteiger partial charge in [-0.1, -0.05) is 199 Å². The first-order valence-corrected chi connectivity index (χ1v) is 41.5. The van der Waals surface area contributed by atoms with E-state index in [1.807, 2.05) is 97.1 Å². The van der Waals surface area contributed by atoms with E-state index in [1.54, 1.807) is 140 Å². The van der Waals surface area contributed by atoms with Crippen LogP contribution in [-0.4, -0.2) is 97.1 Å². The summed E-state index contributed by atoms with van der Waals surface area (Å²) >= 11 is 13.7. The van der Waals surface area contributed by atoms with Gasteiger partial charge in [0.2, 0.25) is 0 Å². The van der Waals surface area contributed by atoms with Gasteiger partial charge in [0.1, 0.15) is 0 Å². The molecule has 11 aromatic rings. The quantitative estimate of drug-likeness (QED) is 0.0389. The highest BCUT2D eigenvalue weighted by Gasteiger charge is 2.35. The van der Waals surface area contributed by atoms with Crippen molar-refractivity contribution >= 4 is 95.2 Å². The smallest absolute Gasteiger partial charge is 0.258 e. The molecule has 108 heavy (non-hydrogen) atoms. The number of rotatable bonds is 21. The summed E-state index contributed by atoms with van der Waals surface area (Å²) in [5.41, 5.74) is 10.9. The molecule has 4 aromatic heterocycles. The Morgan fingerprint density at radius 3 is 1.19 bits per heavy atom. The van der Waals surface area contributed by atoms with Crippen molar-refractivity contribution in [2.75, 3.05) is 13.1 Å². The van der Waals surface area contributed by atoms with E-state index in [4.69, 9.17) is 23.2 Å². The van der Waals surface area contributed by atoms with E-state index in [1.165, 1.54) is 22.9 Å². The standard InChI is InChI=1S/C22H21N3O2S.C21H19N3O3S2.C21H19N3O3S.C15H13Cl2N3O2S/c26-28(27,22-20-12-7-14-23-21(20)16-24-22)25-15-13-19(17-8-3-1-4-9-17)18-10-5-2-6-11-18;25-14-16-7-2-4-10-20(16)28-19-9-3-1-6-15(19)12-24-29(26,27)21-17-8-5-11-22-18(17)13-23-21;25-20(16-10-5-2-6-11-16)19(15-8-3-1-4-9-15)24-28(26,27)21-17-12-7-13-22-18(17)14-23-21;16-12-4-1-5-13(17)10(12)6-8-20-23(21,22)15-11-3-2-7-18-14(11)9-19-15/h1-12,14,19,25H,13,15-16H2;1-11,24-25H,12-14H2;1-13,19-20,24-25H,14H2;1-5,7,20H,6,8-9H2/t;;19-,20+;/m..1./s1. The zero-order valence-electron chi connectivity index (χ0n) is 57.7. The third kappa shape index (κ3) is 19.2. The Morgan fingerprint density at radius 2 is 0.750 bits per heavy atom. The molecule has 4 aliphatic heterocycles. The zero-order chi connectivity index (χ0) is 75.7. The lowest BCUT2D eigenvalue weighted by atomic mass is 9.89. The average Bonchev–Trinajstić information content (AvgIpc) is 1.64. The largest absolute Gasteiger partial charge is 0.392 e. The first kappa shape index (κ1) is 77.9. The minimum Gasteiger partial charge on any atom is -0.392 e. The molecule has 6 N–H and O–H groups in total. The van der Waals surface area contributed by atoms with Crippen LogP contribution in [0, 0.1) is 0 Å². The van der Waals surface area contributed by atoms with Crippen molar-refractivity contribution in [1.82, 2.24) is 38.8 Å². The predicted molar refractivity (Wildman–Crippen MR) is 423 cm³/mol. The van der Waals surface area contributed by atoms with Gasteiger partial charge in [-0.3, -0.25) is 39.9 Å². The molecule has 552 valence electrons. The summed E-state index contributed by atoms with van der Waals surface area (Å²) in [4.78, 5) is 35.2. The normalized spacial score (nSPS) is 14.0. The van der Waals surface area contributed by atoms with E-state index >= 15 is 0 Å². The summed E-state index contributed by atoms with van der Waals surface area (Å²) in [7, 11) is -15.1. The van der Waals surface area contributed by atoms with Gasteiger partial charge in [-0.15, -0.1) is 0 Å². The molecule has 0 unspecified atom stereocenters. The number of aliphatic hydroxyl groups excluding tert-OH is 2. The van der Waals surface area contributed by atoms with Crippen LogP contribution >= 0.6 is 35.0 Å². The van der Waals surface area contributed by atoms with Crippen molar-refractivity contribution in [2.45, 2.75) is 80.0 Å². The Morgan fingerprint density at radius 1 is 0.389 bits per heavy atom. The van der Waals surface area contributed by atoms with E-state index < -0.39 is 52.2 Å². The number of halogens is 2. The molecule has 22 nitrogen and oxygen atoms in total. The number of nitrogens with zero attached hydrogens (tertiary/aromatic N) is 8. The van der Waals surface area contributed by atoms with Gasteiger partial charge in [0.25, 0.3) is 40.1 Å². The number of fused-ring (bicyclic) bond motifs is 4. The van der Waals surface area contributed by atoms with Crippen LogP contribution in [0.25, 0.3) is 0 Å². The van der Waals surface area contributed by atoms with Crippen molar-refractivity contribution in [1.29, 1.82) is 0 Å². The molecule has 0 saturated carbocycles. The van der Waals surface area contributed by atoms with Gasteiger partial charge in [-0.2, -0.15) is 4.72 Å². The van der Waals surface area contributed by atoms with Crippen molar-refractivity contribution in [3.63, 3.8) is 0 Å². The van der Waals surface area contributed by atoms with Crippen LogP contribution in [0.2, 0.25) is 10.0 Å². The maximum Gasteiger partial charge on any atom is 0.258 e. The van der Waals surface area contributed by atoms with Gasteiger partial charge in [-0.05, 0) is 125 Å². The Balaban J connectivity index is 0.000000135. The van der Waals surface area contributed by atoms with Gasteiger partial charge in [0.05, 0.1) is 67.7 Å². The van der Waals surface area contributed by atoms with Crippen molar-refractivity contribution < 1.29 is 43.9 Å². The van der Waals surface area contributed by atoms with Crippen molar-refractivity contribution in [2.24, 2.45) is 20.0 Å². The molecule has 0 bridgehead atoms. The summed E-state index contributed by atoms with van der Waals surface area (Å²) in [6, 6.07) is 71.5. The number of hydrogen-bond acceptors (Lipinski definition) is 19. The zero-order valence-corrected chi connectivity index (χ0v) is 63.3. The molecule has 0 aliphatic carbocycles. The number of nitrogens with one attached hydrogen (secondary N) is 4. The lowest BCUT2D eigenvalue weighted by Crippen LogP contribution is -2.37. The maximum atomic E-state index is 13.1. The second-order valence-corrected chi connectivity index (χ2v) is 33.1. The van der Waals surface area contributed by atoms with Crippen LogP contribution in [-0.2, 0) is 85.8 Å². The summed E-state index contributed by atoms with van der Waals surface area (Å²) in [6.07, 6.45) is 6.51. The molecule has 0 spiro atoms. The van der Waals surface area contributed by atoms with E-state index in [9.17, 15) is 43.9 Å². The summed E-state index contributed by atoms with van der Waals surface area (Å²) in [5, 5.41) is 21.7. The van der Waals surface area contributed by atoms with Gasteiger partial charge >= 0.3 is 0 Å². The van der Waals surface area contributed by atoms with Gasteiger partial charge in [0, 0.05) is 92.4 Å². The number of aliphatic imine (C=N–C) groups is 4. The molecular formula is C79H72Cl2N12O10S5. The molecule has 29 heteroatoms. The lowest BCUT2D eigenvalue weighted by molar-refractivity contribution is 0.140. The molecule has 0 fully saturated rings. The Labute approximate surface area is 641 Å². The molecular weight excluding hydrogens is 1510 g/mol. The fourth-order valence-corrected chi connectivity index (χ4v) is 18.9. The van der Waals surface area contributed by atoms with E-state index in [2.05, 4.69) is 83.1 Å². The molecule has 15 rings (SSSR count). The molecule has 0 saturated heterocycles. The first-order chi connectivity index (χ1) is 52.3. The number of sulfonamides is 4. The highest BCUT2D eigenvalue weighted by Crippen LogP contribution is 2.35. The Kier molecular flexibility index (Phi) is 26.0. The van der Waals surface area contributed by atoms with Gasteiger partial charge in [-0.25, -0.2) is 47.8 Å². The molecule has 0 amide bonds. The Hall–Kier alpha value is -9.69. The summed E-state index contributed by atoms with van der Waals surface area (Å²) in [5.74, 6) is 0.115. The highest BCUT2D eigenvalue weighted by atomic mass is 35.5. The SMILES string of the molecule is O=S(=O)(NCCC(c1ccccc1)c1ccccc1)C1=NCc2ncccc21.O=S(=O)(NCCc1c(Cl)cccc1Cl)C1=NCc2ncccc21.O=S(=O)(NCc1ccccc1Sc1ccccc1CO)C1=NCc2ncccc21.O=S(=O)(N[C@H](c1ccccc1)[C@@H](O)c1ccccc1)C1=NCc2ncccc21.